The molecule has 1 unspecified atom stereocenters. The molecule has 3 rings (SSSR count). The van der Waals surface area contributed by atoms with Gasteiger partial charge in [-0.2, -0.15) is 0 Å². The van der Waals surface area contributed by atoms with E-state index in [2.05, 4.69) is 15.9 Å². The van der Waals surface area contributed by atoms with Gasteiger partial charge in [-0.15, -0.1) is 11.3 Å². The van der Waals surface area contributed by atoms with Crippen LogP contribution in [0.25, 0.3) is 10.1 Å². The molecule has 0 amide bonds. The number of fused-ring (bicyclic) bond motifs is 1. The maximum Gasteiger partial charge on any atom is 0.137 e. The van der Waals surface area contributed by atoms with Crippen molar-refractivity contribution in [2.75, 3.05) is 0 Å². The average molecular weight is 351 g/mol. The third-order valence-corrected chi connectivity index (χ3v) is 4.87. The Morgan fingerprint density at radius 1 is 1.20 bits per heavy atom. The summed E-state index contributed by atoms with van der Waals surface area (Å²) in [5, 5.41) is 13.5. The third kappa shape index (κ3) is 2.64. The first-order valence-corrected chi connectivity index (χ1v) is 7.90. The molecule has 1 N–H and O–H groups in total. The molecule has 2 aromatic carbocycles. The molecule has 1 aromatic heterocycles. The predicted octanol–water partition coefficient (Wildman–Crippen LogP) is 5.08. The van der Waals surface area contributed by atoms with Crippen LogP contribution in [0.4, 0.5) is 4.39 Å². The van der Waals surface area contributed by atoms with Gasteiger partial charge in [0.05, 0.1) is 10.6 Å². The van der Waals surface area contributed by atoms with Crippen molar-refractivity contribution in [1.82, 2.24) is 0 Å². The topological polar surface area (TPSA) is 20.2 Å². The number of aliphatic hydroxyl groups is 1. The SMILES string of the molecule is OC(Cc1ccc(F)c(Br)c1)c1csc2ccccc12. The summed E-state index contributed by atoms with van der Waals surface area (Å²) >= 11 is 4.80. The van der Waals surface area contributed by atoms with Crippen LogP contribution in [0.1, 0.15) is 17.2 Å². The Balaban J connectivity index is 1.89. The van der Waals surface area contributed by atoms with Crippen LogP contribution in [0.2, 0.25) is 0 Å². The second kappa shape index (κ2) is 5.64. The fraction of sp³-hybridized carbons (Fsp3) is 0.125. The van der Waals surface area contributed by atoms with Crippen molar-refractivity contribution in [2.45, 2.75) is 12.5 Å². The molecule has 20 heavy (non-hydrogen) atoms. The van der Waals surface area contributed by atoms with Crippen molar-refractivity contribution in [2.24, 2.45) is 0 Å². The fourth-order valence-corrected chi connectivity index (χ4v) is 3.69. The van der Waals surface area contributed by atoms with E-state index < -0.39 is 6.10 Å². The Morgan fingerprint density at radius 3 is 2.80 bits per heavy atom. The number of benzene rings is 2. The van der Waals surface area contributed by atoms with E-state index >= 15 is 0 Å². The van der Waals surface area contributed by atoms with E-state index in [0.29, 0.717) is 10.9 Å². The van der Waals surface area contributed by atoms with Crippen LogP contribution in [0, 0.1) is 5.82 Å². The number of hydrogen-bond acceptors (Lipinski definition) is 2. The molecule has 0 saturated heterocycles. The number of halogens is 2. The zero-order valence-electron chi connectivity index (χ0n) is 10.5. The number of thiophene rings is 1. The molecule has 0 aliphatic carbocycles. The van der Waals surface area contributed by atoms with Gasteiger partial charge < -0.3 is 5.11 Å². The summed E-state index contributed by atoms with van der Waals surface area (Å²) in [6.07, 6.45) is -0.108. The fourth-order valence-electron chi connectivity index (χ4n) is 2.26. The van der Waals surface area contributed by atoms with Crippen molar-refractivity contribution in [3.63, 3.8) is 0 Å². The number of rotatable bonds is 3. The normalized spacial score (nSPS) is 12.8. The molecule has 0 aliphatic rings. The standard InChI is InChI=1S/C16H12BrFOS/c17-13-7-10(5-6-14(13)18)8-15(19)12-9-20-16-4-2-1-3-11(12)16/h1-7,9,15,19H,8H2. The van der Waals surface area contributed by atoms with Gasteiger partial charge in [0.15, 0.2) is 0 Å². The lowest BCUT2D eigenvalue weighted by molar-refractivity contribution is 0.180. The van der Waals surface area contributed by atoms with Crippen LogP contribution in [0.5, 0.6) is 0 Å². The van der Waals surface area contributed by atoms with Gasteiger partial charge in [-0.05, 0) is 56.0 Å². The molecular weight excluding hydrogens is 339 g/mol. The zero-order chi connectivity index (χ0) is 14.1. The summed E-state index contributed by atoms with van der Waals surface area (Å²) in [5.41, 5.74) is 1.84. The highest BCUT2D eigenvalue weighted by Gasteiger charge is 2.14. The van der Waals surface area contributed by atoms with E-state index in [1.54, 1.807) is 23.5 Å². The van der Waals surface area contributed by atoms with Crippen LogP contribution in [-0.2, 0) is 6.42 Å². The average Bonchev–Trinajstić information content (AvgIpc) is 2.87. The first kappa shape index (κ1) is 13.7. The van der Waals surface area contributed by atoms with E-state index in [-0.39, 0.29) is 5.82 Å². The van der Waals surface area contributed by atoms with E-state index in [4.69, 9.17) is 0 Å². The third-order valence-electron chi connectivity index (χ3n) is 3.28. The highest BCUT2D eigenvalue weighted by molar-refractivity contribution is 9.10. The molecule has 1 heterocycles. The Labute approximate surface area is 128 Å². The van der Waals surface area contributed by atoms with Gasteiger partial charge in [-0.25, -0.2) is 4.39 Å². The van der Waals surface area contributed by atoms with E-state index in [0.717, 1.165) is 16.5 Å². The van der Waals surface area contributed by atoms with Crippen LogP contribution in [0.3, 0.4) is 0 Å². The van der Waals surface area contributed by atoms with Gasteiger partial charge in [0.1, 0.15) is 5.82 Å². The predicted molar refractivity (Wildman–Crippen MR) is 84.6 cm³/mol. The largest absolute Gasteiger partial charge is 0.388 e. The van der Waals surface area contributed by atoms with Gasteiger partial charge in [-0.1, -0.05) is 24.3 Å². The Bertz CT molecular complexity index is 753. The summed E-state index contributed by atoms with van der Waals surface area (Å²) in [5.74, 6) is -0.288. The first-order valence-electron chi connectivity index (χ1n) is 6.23. The Hall–Kier alpha value is -1.23. The van der Waals surface area contributed by atoms with Crippen molar-refractivity contribution in [3.05, 3.63) is 69.3 Å². The monoisotopic (exact) mass is 350 g/mol. The van der Waals surface area contributed by atoms with Crippen LogP contribution >= 0.6 is 27.3 Å². The zero-order valence-corrected chi connectivity index (χ0v) is 12.9. The quantitative estimate of drug-likeness (QED) is 0.698. The van der Waals surface area contributed by atoms with Gasteiger partial charge in [-0.3, -0.25) is 0 Å². The Morgan fingerprint density at radius 2 is 2.00 bits per heavy atom. The van der Waals surface area contributed by atoms with E-state index in [9.17, 15) is 9.50 Å². The lowest BCUT2D eigenvalue weighted by Gasteiger charge is -2.10. The second-order valence-corrected chi connectivity index (χ2v) is 6.42. The van der Waals surface area contributed by atoms with Crippen molar-refractivity contribution in [1.29, 1.82) is 0 Å². The number of hydrogen-bond donors (Lipinski definition) is 1. The maximum atomic E-state index is 13.2. The molecule has 0 saturated carbocycles. The smallest absolute Gasteiger partial charge is 0.137 e. The summed E-state index contributed by atoms with van der Waals surface area (Å²) in [4.78, 5) is 0. The molecule has 102 valence electrons. The summed E-state index contributed by atoms with van der Waals surface area (Å²) < 4.78 is 14.8. The van der Waals surface area contributed by atoms with Crippen molar-refractivity contribution < 1.29 is 9.50 Å². The summed E-state index contributed by atoms with van der Waals surface area (Å²) in [6, 6.07) is 12.9. The first-order chi connectivity index (χ1) is 9.65. The Kier molecular flexibility index (Phi) is 3.87. The van der Waals surface area contributed by atoms with Gasteiger partial charge in [0.25, 0.3) is 0 Å². The minimum absolute atomic E-state index is 0.288. The molecule has 0 spiro atoms. The van der Waals surface area contributed by atoms with Gasteiger partial charge >= 0.3 is 0 Å². The highest BCUT2D eigenvalue weighted by atomic mass is 79.9. The maximum absolute atomic E-state index is 13.2. The number of aliphatic hydroxyl groups excluding tert-OH is 1. The van der Waals surface area contributed by atoms with E-state index in [1.807, 2.05) is 29.6 Å². The van der Waals surface area contributed by atoms with Crippen LogP contribution in [-0.4, -0.2) is 5.11 Å². The molecule has 0 radical (unpaired) electrons. The second-order valence-electron chi connectivity index (χ2n) is 4.66. The van der Waals surface area contributed by atoms with Crippen LogP contribution in [0.15, 0.2) is 52.3 Å². The molecule has 4 heteroatoms. The minimum atomic E-state index is -0.580. The lowest BCUT2D eigenvalue weighted by Crippen LogP contribution is -2.01. The molecular formula is C16H12BrFOS. The van der Waals surface area contributed by atoms with Gasteiger partial charge in [0.2, 0.25) is 0 Å². The summed E-state index contributed by atoms with van der Waals surface area (Å²) in [6.45, 7) is 0. The molecule has 1 atom stereocenters. The van der Waals surface area contributed by atoms with Crippen molar-refractivity contribution >= 4 is 37.4 Å². The van der Waals surface area contributed by atoms with E-state index in [1.165, 1.54) is 10.8 Å². The van der Waals surface area contributed by atoms with Gasteiger partial charge in [0, 0.05) is 11.1 Å². The summed E-state index contributed by atoms with van der Waals surface area (Å²) in [7, 11) is 0. The molecule has 0 aliphatic heterocycles. The molecule has 1 nitrogen and oxygen atoms in total. The van der Waals surface area contributed by atoms with Crippen molar-refractivity contribution in [3.8, 4) is 0 Å². The molecule has 3 aromatic rings. The van der Waals surface area contributed by atoms with Crippen LogP contribution < -0.4 is 0 Å². The molecule has 0 fully saturated rings. The molecule has 0 bridgehead atoms. The highest BCUT2D eigenvalue weighted by Crippen LogP contribution is 2.32. The lowest BCUT2D eigenvalue weighted by atomic mass is 10.0. The minimum Gasteiger partial charge on any atom is -0.388 e.